The summed E-state index contributed by atoms with van der Waals surface area (Å²) in [7, 11) is 0. The fourth-order valence-electron chi connectivity index (χ4n) is 1.13. The lowest BCUT2D eigenvalue weighted by atomic mass is 9.99. The van der Waals surface area contributed by atoms with Crippen LogP contribution in [0.4, 0.5) is 26.3 Å². The van der Waals surface area contributed by atoms with Crippen LogP contribution in [0.25, 0.3) is 0 Å². The van der Waals surface area contributed by atoms with E-state index in [0.717, 1.165) is 18.8 Å². The van der Waals surface area contributed by atoms with Crippen molar-refractivity contribution in [2.24, 2.45) is 0 Å². The fourth-order valence-corrected chi connectivity index (χ4v) is 1.24. The number of aromatic nitrogens is 1. The minimum atomic E-state index is -5.08. The van der Waals surface area contributed by atoms with Gasteiger partial charge in [0.2, 0.25) is 0 Å². The Morgan fingerprint density at radius 3 is 1.64 bits per heavy atom. The minimum absolute atomic E-state index is 0.604. The first-order valence-corrected chi connectivity index (χ1v) is 6.55. The van der Waals surface area contributed by atoms with Crippen LogP contribution >= 0.6 is 11.6 Å². The summed E-state index contributed by atoms with van der Waals surface area (Å²) in [6.45, 7) is 2.10. The number of halogens is 7. The number of nitrogens with zero attached hydrogens (tertiary/aromatic N) is 1. The number of hydrogen-bond acceptors (Lipinski definition) is 4. The third-order valence-electron chi connectivity index (χ3n) is 2.44. The normalized spacial score (nSPS) is 14.2. The van der Waals surface area contributed by atoms with E-state index in [1.54, 1.807) is 6.20 Å². The van der Waals surface area contributed by atoms with E-state index in [9.17, 15) is 26.3 Å². The predicted octanol–water partition coefficient (Wildman–Crippen LogP) is 2.69. The molecular formula is C12H11ClF6N2O4. The van der Waals surface area contributed by atoms with E-state index in [4.69, 9.17) is 31.4 Å². The van der Waals surface area contributed by atoms with Crippen molar-refractivity contribution in [3.63, 3.8) is 0 Å². The topological polar surface area (TPSA) is 99.5 Å². The molecule has 1 aromatic rings. The van der Waals surface area contributed by atoms with Crippen molar-refractivity contribution < 1.29 is 46.1 Å². The summed E-state index contributed by atoms with van der Waals surface area (Å²) in [5, 5.41) is 18.2. The van der Waals surface area contributed by atoms with Crippen LogP contribution in [0.1, 0.15) is 11.6 Å². The van der Waals surface area contributed by atoms with Crippen molar-refractivity contribution in [2.75, 3.05) is 13.1 Å². The van der Waals surface area contributed by atoms with Crippen LogP contribution in [0, 0.1) is 0 Å². The smallest absolute Gasteiger partial charge is 0.475 e. The number of pyridine rings is 1. The minimum Gasteiger partial charge on any atom is -0.475 e. The van der Waals surface area contributed by atoms with Crippen LogP contribution in [0.3, 0.4) is 0 Å². The molecule has 0 unspecified atom stereocenters. The quantitative estimate of drug-likeness (QED) is 0.631. The zero-order valence-corrected chi connectivity index (χ0v) is 12.8. The van der Waals surface area contributed by atoms with Gasteiger partial charge in [0.15, 0.2) is 0 Å². The summed E-state index contributed by atoms with van der Waals surface area (Å²) in [5.41, 5.74) is 1.15. The molecule has 0 amide bonds. The highest BCUT2D eigenvalue weighted by molar-refractivity contribution is 6.30. The van der Waals surface area contributed by atoms with Gasteiger partial charge in [0.1, 0.15) is 0 Å². The van der Waals surface area contributed by atoms with Crippen LogP contribution in [-0.2, 0) is 9.59 Å². The molecule has 3 N–H and O–H groups in total. The molecule has 0 aliphatic carbocycles. The third-order valence-corrected chi connectivity index (χ3v) is 2.66. The number of aliphatic carboxylic acids is 2. The lowest BCUT2D eigenvalue weighted by Gasteiger charge is -2.26. The molecule has 0 spiro atoms. The Kier molecular flexibility index (Phi) is 8.63. The van der Waals surface area contributed by atoms with E-state index in [2.05, 4.69) is 10.3 Å². The summed E-state index contributed by atoms with van der Waals surface area (Å²) in [5.74, 6) is -4.91. The molecule has 0 bridgehead atoms. The maximum absolute atomic E-state index is 10.6. The van der Waals surface area contributed by atoms with Crippen molar-refractivity contribution in [1.82, 2.24) is 10.3 Å². The van der Waals surface area contributed by atoms with Crippen LogP contribution in [-0.4, -0.2) is 52.6 Å². The molecule has 1 aliphatic rings. The Labute approximate surface area is 141 Å². The first-order chi connectivity index (χ1) is 11.2. The standard InChI is InChI=1S/C8H9ClN2.2C2HF3O2/c9-7-1-2-8(11-5-7)6-3-10-4-6;2*3-2(4,5)1(6)7/h1-2,5-6,10H,3-4H2;2*(H,6,7). The van der Waals surface area contributed by atoms with Crippen LogP contribution in [0.2, 0.25) is 5.02 Å². The summed E-state index contributed by atoms with van der Waals surface area (Å²) < 4.78 is 63.5. The lowest BCUT2D eigenvalue weighted by molar-refractivity contribution is -0.193. The molecule has 142 valence electrons. The molecule has 1 saturated heterocycles. The Hall–Kier alpha value is -2.08. The molecule has 6 nitrogen and oxygen atoms in total. The monoisotopic (exact) mass is 396 g/mol. The van der Waals surface area contributed by atoms with Crippen LogP contribution in [0.5, 0.6) is 0 Å². The Bertz CT molecular complexity index is 548. The molecule has 2 rings (SSSR count). The zero-order valence-electron chi connectivity index (χ0n) is 12.0. The van der Waals surface area contributed by atoms with Gasteiger partial charge in [0.05, 0.1) is 5.02 Å². The molecule has 0 aromatic carbocycles. The second-order valence-electron chi connectivity index (χ2n) is 4.36. The molecule has 13 heteroatoms. The molecule has 25 heavy (non-hydrogen) atoms. The van der Waals surface area contributed by atoms with E-state index >= 15 is 0 Å². The van der Waals surface area contributed by atoms with Gasteiger partial charge in [0, 0.05) is 30.9 Å². The molecule has 0 saturated carbocycles. The van der Waals surface area contributed by atoms with Crippen molar-refractivity contribution >= 4 is 23.5 Å². The molecular weight excluding hydrogens is 386 g/mol. The largest absolute Gasteiger partial charge is 0.490 e. The second kappa shape index (κ2) is 9.42. The number of rotatable bonds is 1. The second-order valence-corrected chi connectivity index (χ2v) is 4.80. The first kappa shape index (κ1) is 22.9. The fraction of sp³-hybridized carbons (Fsp3) is 0.417. The lowest BCUT2D eigenvalue weighted by Crippen LogP contribution is -2.40. The van der Waals surface area contributed by atoms with Gasteiger partial charge in [-0.05, 0) is 12.1 Å². The first-order valence-electron chi connectivity index (χ1n) is 6.17. The van der Waals surface area contributed by atoms with Crippen LogP contribution in [0.15, 0.2) is 18.3 Å². The molecule has 0 atom stereocenters. The van der Waals surface area contributed by atoms with Gasteiger partial charge in [-0.25, -0.2) is 9.59 Å². The van der Waals surface area contributed by atoms with E-state index in [-0.39, 0.29) is 0 Å². The average Bonchev–Trinajstić information content (AvgIpc) is 2.38. The number of hydrogen-bond donors (Lipinski definition) is 3. The number of nitrogens with one attached hydrogen (secondary N) is 1. The van der Waals surface area contributed by atoms with Gasteiger partial charge >= 0.3 is 24.3 Å². The maximum atomic E-state index is 10.6. The Morgan fingerprint density at radius 2 is 1.44 bits per heavy atom. The predicted molar refractivity (Wildman–Crippen MR) is 72.2 cm³/mol. The van der Waals surface area contributed by atoms with Gasteiger partial charge in [-0.15, -0.1) is 0 Å². The number of carboxylic acid groups (broad SMARTS) is 2. The number of carbonyl (C=O) groups is 2. The zero-order chi connectivity index (χ0) is 19.8. The molecule has 0 radical (unpaired) electrons. The van der Waals surface area contributed by atoms with Gasteiger partial charge in [0.25, 0.3) is 0 Å². The van der Waals surface area contributed by atoms with E-state index < -0.39 is 24.3 Å². The molecule has 2 heterocycles. The van der Waals surface area contributed by atoms with Gasteiger partial charge in [-0.2, -0.15) is 26.3 Å². The van der Waals surface area contributed by atoms with E-state index in [1.807, 2.05) is 12.1 Å². The maximum Gasteiger partial charge on any atom is 0.490 e. The molecule has 1 fully saturated rings. The SMILES string of the molecule is Clc1ccc(C2CNC2)nc1.O=C(O)C(F)(F)F.O=C(O)C(F)(F)F. The Balaban J connectivity index is 0.000000366. The summed E-state index contributed by atoms with van der Waals surface area (Å²) in [6.07, 6.45) is -8.46. The highest BCUT2D eigenvalue weighted by Gasteiger charge is 2.38. The van der Waals surface area contributed by atoms with Crippen LogP contribution < -0.4 is 5.32 Å². The molecule has 1 aromatic heterocycles. The van der Waals surface area contributed by atoms with Gasteiger partial charge in [-0.1, -0.05) is 11.6 Å². The van der Waals surface area contributed by atoms with Crippen molar-refractivity contribution in [3.05, 3.63) is 29.0 Å². The average molecular weight is 397 g/mol. The van der Waals surface area contributed by atoms with Crippen molar-refractivity contribution in [1.29, 1.82) is 0 Å². The highest BCUT2D eigenvalue weighted by atomic mass is 35.5. The summed E-state index contributed by atoms with van der Waals surface area (Å²) in [6, 6.07) is 3.88. The molecule has 1 aliphatic heterocycles. The van der Waals surface area contributed by atoms with E-state index in [0.29, 0.717) is 10.9 Å². The van der Waals surface area contributed by atoms with Gasteiger partial charge in [-0.3, -0.25) is 4.98 Å². The van der Waals surface area contributed by atoms with Gasteiger partial charge < -0.3 is 15.5 Å². The van der Waals surface area contributed by atoms with Crippen molar-refractivity contribution in [2.45, 2.75) is 18.3 Å². The third kappa shape index (κ3) is 9.72. The number of alkyl halides is 6. The summed E-state index contributed by atoms with van der Waals surface area (Å²) >= 11 is 5.70. The Morgan fingerprint density at radius 1 is 1.04 bits per heavy atom. The van der Waals surface area contributed by atoms with E-state index in [1.165, 1.54) is 0 Å². The highest BCUT2D eigenvalue weighted by Crippen LogP contribution is 2.18. The van der Waals surface area contributed by atoms with Crippen molar-refractivity contribution in [3.8, 4) is 0 Å². The summed E-state index contributed by atoms with van der Waals surface area (Å²) in [4.78, 5) is 22.0. The number of carboxylic acids is 2.